The molecule has 0 heterocycles. The molecule has 94 valence electrons. The summed E-state index contributed by atoms with van der Waals surface area (Å²) in [6.07, 6.45) is 3.44. The minimum atomic E-state index is 0.117. The molecule has 17 heavy (non-hydrogen) atoms. The summed E-state index contributed by atoms with van der Waals surface area (Å²) in [5, 5.41) is 2.93. The van der Waals surface area contributed by atoms with E-state index in [2.05, 4.69) is 28.2 Å². The first-order valence-electron chi connectivity index (χ1n) is 5.87. The average Bonchev–Trinajstić information content (AvgIpc) is 2.32. The highest BCUT2D eigenvalue weighted by Gasteiger charge is 2.02. The largest absolute Gasteiger partial charge is 0.355 e. The topological polar surface area (TPSA) is 29.1 Å². The van der Waals surface area contributed by atoms with Crippen molar-refractivity contribution >= 4 is 33.6 Å². The first-order valence-corrected chi connectivity index (χ1v) is 7.65. The van der Waals surface area contributed by atoms with Gasteiger partial charge in [-0.1, -0.05) is 41.8 Å². The fraction of sp³-hybridized carbons (Fsp3) is 0.462. The van der Waals surface area contributed by atoms with Crippen molar-refractivity contribution in [3.63, 3.8) is 0 Å². The van der Waals surface area contributed by atoms with Crippen molar-refractivity contribution in [1.29, 1.82) is 0 Å². The van der Waals surface area contributed by atoms with Gasteiger partial charge in [-0.15, -0.1) is 11.8 Å². The average molecular weight is 316 g/mol. The minimum Gasteiger partial charge on any atom is -0.355 e. The van der Waals surface area contributed by atoms with Crippen LogP contribution in [0.3, 0.4) is 0 Å². The molecule has 0 unspecified atom stereocenters. The number of benzene rings is 1. The van der Waals surface area contributed by atoms with Crippen molar-refractivity contribution in [2.75, 3.05) is 12.3 Å². The van der Waals surface area contributed by atoms with E-state index in [4.69, 9.17) is 0 Å². The van der Waals surface area contributed by atoms with Crippen molar-refractivity contribution in [3.05, 3.63) is 28.7 Å². The molecular formula is C13H18BrNOS. The van der Waals surface area contributed by atoms with Gasteiger partial charge in [0.1, 0.15) is 0 Å². The number of nitrogens with one attached hydrogen (secondary N) is 1. The third-order valence-corrected chi connectivity index (χ3v) is 3.76. The predicted octanol–water partition coefficient (Wildman–Crippen LogP) is 3.85. The Morgan fingerprint density at radius 2 is 2.24 bits per heavy atom. The number of unbranched alkanes of at least 4 members (excludes halogenated alkanes) is 2. The number of amides is 1. The monoisotopic (exact) mass is 315 g/mol. The molecule has 4 heteroatoms. The second-order valence-corrected chi connectivity index (χ2v) is 5.77. The van der Waals surface area contributed by atoms with Gasteiger partial charge in [0.05, 0.1) is 5.75 Å². The number of rotatable bonds is 7. The second kappa shape index (κ2) is 8.59. The summed E-state index contributed by atoms with van der Waals surface area (Å²) in [5.41, 5.74) is 0. The van der Waals surface area contributed by atoms with Crippen LogP contribution in [0.15, 0.2) is 33.6 Å². The van der Waals surface area contributed by atoms with E-state index in [-0.39, 0.29) is 5.91 Å². The second-order valence-electron chi connectivity index (χ2n) is 3.80. The Bertz CT molecular complexity index is 357. The smallest absolute Gasteiger partial charge is 0.230 e. The summed E-state index contributed by atoms with van der Waals surface area (Å²) >= 11 is 4.98. The maximum Gasteiger partial charge on any atom is 0.230 e. The zero-order chi connectivity index (χ0) is 12.5. The van der Waals surface area contributed by atoms with Gasteiger partial charge in [-0.25, -0.2) is 0 Å². The van der Waals surface area contributed by atoms with E-state index in [1.807, 2.05) is 24.3 Å². The van der Waals surface area contributed by atoms with Crippen LogP contribution < -0.4 is 5.32 Å². The molecule has 0 aliphatic heterocycles. The van der Waals surface area contributed by atoms with Crippen molar-refractivity contribution in [3.8, 4) is 0 Å². The Kier molecular flexibility index (Phi) is 7.37. The lowest BCUT2D eigenvalue weighted by Gasteiger charge is -2.04. The van der Waals surface area contributed by atoms with E-state index in [1.54, 1.807) is 11.8 Å². The van der Waals surface area contributed by atoms with Gasteiger partial charge in [0.15, 0.2) is 0 Å². The summed E-state index contributed by atoms with van der Waals surface area (Å²) < 4.78 is 1.05. The molecule has 0 radical (unpaired) electrons. The normalized spacial score (nSPS) is 10.2. The van der Waals surface area contributed by atoms with E-state index in [1.165, 1.54) is 12.8 Å². The van der Waals surface area contributed by atoms with Crippen LogP contribution in [0.2, 0.25) is 0 Å². The third-order valence-electron chi connectivity index (χ3n) is 2.27. The van der Waals surface area contributed by atoms with E-state index < -0.39 is 0 Å². The zero-order valence-corrected chi connectivity index (χ0v) is 12.4. The molecule has 0 saturated heterocycles. The first-order chi connectivity index (χ1) is 8.22. The first kappa shape index (κ1) is 14.6. The standard InChI is InChI=1S/C13H18BrNOS/c1-2-3-4-8-15-13(16)10-17-12-7-5-6-11(14)9-12/h5-7,9H,2-4,8,10H2,1H3,(H,15,16). The highest BCUT2D eigenvalue weighted by atomic mass is 79.9. The number of thioether (sulfide) groups is 1. The lowest BCUT2D eigenvalue weighted by atomic mass is 10.2. The molecule has 1 amide bonds. The van der Waals surface area contributed by atoms with Gasteiger partial charge in [-0.2, -0.15) is 0 Å². The molecule has 1 rings (SSSR count). The summed E-state index contributed by atoms with van der Waals surface area (Å²) in [7, 11) is 0. The van der Waals surface area contributed by atoms with Crippen LogP contribution >= 0.6 is 27.7 Å². The minimum absolute atomic E-state index is 0.117. The number of carbonyl (C=O) groups is 1. The summed E-state index contributed by atoms with van der Waals surface area (Å²) in [4.78, 5) is 12.6. The van der Waals surface area contributed by atoms with Crippen LogP contribution in [0.5, 0.6) is 0 Å². The van der Waals surface area contributed by atoms with Gasteiger partial charge in [0.25, 0.3) is 0 Å². The number of hydrogen-bond acceptors (Lipinski definition) is 2. The van der Waals surface area contributed by atoms with E-state index in [0.717, 1.165) is 22.3 Å². The molecule has 1 aromatic carbocycles. The lowest BCUT2D eigenvalue weighted by Crippen LogP contribution is -2.26. The number of halogens is 1. The molecule has 0 fully saturated rings. The van der Waals surface area contributed by atoms with E-state index in [0.29, 0.717) is 5.75 Å². The number of carbonyl (C=O) groups excluding carboxylic acids is 1. The van der Waals surface area contributed by atoms with Crippen LogP contribution in [0.4, 0.5) is 0 Å². The van der Waals surface area contributed by atoms with Crippen molar-refractivity contribution < 1.29 is 4.79 Å². The zero-order valence-electron chi connectivity index (χ0n) is 10.0. The molecule has 0 bridgehead atoms. The van der Waals surface area contributed by atoms with Gasteiger partial charge in [-0.3, -0.25) is 4.79 Å². The Morgan fingerprint density at radius 3 is 2.94 bits per heavy atom. The van der Waals surface area contributed by atoms with E-state index >= 15 is 0 Å². The quantitative estimate of drug-likeness (QED) is 0.611. The summed E-state index contributed by atoms with van der Waals surface area (Å²) in [6, 6.07) is 8.00. The molecule has 1 N–H and O–H groups in total. The fourth-order valence-electron chi connectivity index (χ4n) is 1.36. The Hall–Kier alpha value is -0.480. The summed E-state index contributed by atoms with van der Waals surface area (Å²) in [5.74, 6) is 0.605. The molecule has 0 spiro atoms. The molecule has 0 atom stereocenters. The lowest BCUT2D eigenvalue weighted by molar-refractivity contribution is -0.118. The van der Waals surface area contributed by atoms with Gasteiger partial charge in [0.2, 0.25) is 5.91 Å². The van der Waals surface area contributed by atoms with Crippen LogP contribution in [0, 0.1) is 0 Å². The van der Waals surface area contributed by atoms with Crippen molar-refractivity contribution in [2.45, 2.75) is 31.1 Å². The fourth-order valence-corrected chi connectivity index (χ4v) is 2.70. The maximum atomic E-state index is 11.5. The van der Waals surface area contributed by atoms with Crippen LogP contribution in [0.25, 0.3) is 0 Å². The van der Waals surface area contributed by atoms with Crippen LogP contribution in [-0.2, 0) is 4.79 Å². The van der Waals surface area contributed by atoms with Crippen molar-refractivity contribution in [2.24, 2.45) is 0 Å². The van der Waals surface area contributed by atoms with Gasteiger partial charge < -0.3 is 5.32 Å². The third kappa shape index (κ3) is 6.74. The predicted molar refractivity (Wildman–Crippen MR) is 77.4 cm³/mol. The summed E-state index contributed by atoms with van der Waals surface area (Å²) in [6.45, 7) is 2.96. The molecule has 0 aliphatic carbocycles. The Balaban J connectivity index is 2.19. The van der Waals surface area contributed by atoms with Gasteiger partial charge >= 0.3 is 0 Å². The van der Waals surface area contributed by atoms with Crippen molar-refractivity contribution in [1.82, 2.24) is 5.32 Å². The molecule has 0 saturated carbocycles. The van der Waals surface area contributed by atoms with Gasteiger partial charge in [0, 0.05) is 15.9 Å². The Morgan fingerprint density at radius 1 is 1.41 bits per heavy atom. The molecule has 0 aliphatic rings. The van der Waals surface area contributed by atoms with Crippen LogP contribution in [-0.4, -0.2) is 18.2 Å². The maximum absolute atomic E-state index is 11.5. The van der Waals surface area contributed by atoms with E-state index in [9.17, 15) is 4.79 Å². The molecule has 2 nitrogen and oxygen atoms in total. The molecule has 1 aromatic rings. The number of hydrogen-bond donors (Lipinski definition) is 1. The highest BCUT2D eigenvalue weighted by molar-refractivity contribution is 9.10. The SMILES string of the molecule is CCCCCNC(=O)CSc1cccc(Br)c1. The van der Waals surface area contributed by atoms with Crippen LogP contribution in [0.1, 0.15) is 26.2 Å². The molecule has 0 aromatic heterocycles. The molecular weight excluding hydrogens is 298 g/mol. The Labute approximate surface area is 116 Å². The van der Waals surface area contributed by atoms with Gasteiger partial charge in [-0.05, 0) is 24.6 Å². The highest BCUT2D eigenvalue weighted by Crippen LogP contribution is 2.21.